The summed E-state index contributed by atoms with van der Waals surface area (Å²) in [7, 11) is 0. The Morgan fingerprint density at radius 1 is 1.26 bits per heavy atom. The third kappa shape index (κ3) is 4.43. The Kier molecular flexibility index (Phi) is 5.58. The van der Waals surface area contributed by atoms with Crippen molar-refractivity contribution in [1.82, 2.24) is 4.98 Å². The van der Waals surface area contributed by atoms with Crippen molar-refractivity contribution in [3.8, 4) is 0 Å². The molecule has 0 saturated carbocycles. The van der Waals surface area contributed by atoms with E-state index in [1.54, 1.807) is 25.1 Å². The molecule has 0 bridgehead atoms. The van der Waals surface area contributed by atoms with Gasteiger partial charge in [-0.2, -0.15) is 0 Å². The second kappa shape index (κ2) is 7.44. The molecule has 0 aliphatic heterocycles. The smallest absolute Gasteiger partial charge is 0.338 e. The summed E-state index contributed by atoms with van der Waals surface area (Å²) < 4.78 is 4.96. The average molecular weight is 353 g/mol. The minimum atomic E-state index is -0.574. The Hall–Kier alpha value is -2.11. The number of ether oxygens (including phenoxy) is 1. The summed E-state index contributed by atoms with van der Waals surface area (Å²) in [4.78, 5) is 27.6. The fourth-order valence-electron chi connectivity index (χ4n) is 1.80. The molecule has 7 heteroatoms. The van der Waals surface area contributed by atoms with E-state index in [0.717, 1.165) is 5.56 Å². The van der Waals surface area contributed by atoms with Crippen LogP contribution in [0, 0.1) is 13.8 Å². The third-order valence-electron chi connectivity index (χ3n) is 3.05. The predicted molar refractivity (Wildman–Crippen MR) is 89.1 cm³/mol. The molecular formula is C16H14Cl2N2O3. The average Bonchev–Trinajstić information content (AvgIpc) is 2.53. The van der Waals surface area contributed by atoms with Crippen molar-refractivity contribution in [2.24, 2.45) is 0 Å². The first-order valence-electron chi connectivity index (χ1n) is 6.72. The van der Waals surface area contributed by atoms with Crippen molar-refractivity contribution < 1.29 is 14.3 Å². The first kappa shape index (κ1) is 17.2. The molecular weight excluding hydrogens is 339 g/mol. The van der Waals surface area contributed by atoms with E-state index in [0.29, 0.717) is 16.1 Å². The number of benzene rings is 1. The Balaban J connectivity index is 1.95. The van der Waals surface area contributed by atoms with Crippen molar-refractivity contribution >= 4 is 40.9 Å². The van der Waals surface area contributed by atoms with E-state index in [-0.39, 0.29) is 10.8 Å². The lowest BCUT2D eigenvalue weighted by Gasteiger charge is -2.09. The van der Waals surface area contributed by atoms with Crippen LogP contribution in [0.4, 0.5) is 5.82 Å². The van der Waals surface area contributed by atoms with Crippen LogP contribution in [0.15, 0.2) is 30.5 Å². The number of aryl methyl sites for hydroxylation is 1. The molecule has 23 heavy (non-hydrogen) atoms. The highest BCUT2D eigenvalue weighted by Gasteiger charge is 2.14. The van der Waals surface area contributed by atoms with Gasteiger partial charge < -0.3 is 10.1 Å². The summed E-state index contributed by atoms with van der Waals surface area (Å²) in [5.74, 6) is -0.942. The lowest BCUT2D eigenvalue weighted by Crippen LogP contribution is -2.21. The number of anilines is 1. The molecule has 0 aliphatic carbocycles. The van der Waals surface area contributed by atoms with E-state index in [1.807, 2.05) is 13.0 Å². The number of aromatic nitrogens is 1. The Bertz CT molecular complexity index is 763. The van der Waals surface area contributed by atoms with Crippen molar-refractivity contribution in [3.05, 3.63) is 57.2 Å². The third-order valence-corrected chi connectivity index (χ3v) is 3.89. The van der Waals surface area contributed by atoms with E-state index in [2.05, 4.69) is 10.3 Å². The molecule has 2 aromatic rings. The summed E-state index contributed by atoms with van der Waals surface area (Å²) in [6, 6.07) is 6.90. The highest BCUT2D eigenvalue weighted by molar-refractivity contribution is 6.37. The van der Waals surface area contributed by atoms with Crippen molar-refractivity contribution in [3.63, 3.8) is 0 Å². The summed E-state index contributed by atoms with van der Waals surface area (Å²) in [5, 5.41) is 3.13. The minimum absolute atomic E-state index is 0.171. The van der Waals surface area contributed by atoms with Crippen LogP contribution in [0.5, 0.6) is 0 Å². The lowest BCUT2D eigenvalue weighted by molar-refractivity contribution is -0.119. The number of halogens is 2. The number of hydrogen-bond acceptors (Lipinski definition) is 4. The molecule has 120 valence electrons. The van der Waals surface area contributed by atoms with Crippen molar-refractivity contribution in [2.75, 3.05) is 11.9 Å². The number of hydrogen-bond donors (Lipinski definition) is 1. The normalized spacial score (nSPS) is 10.3. The number of pyridine rings is 1. The van der Waals surface area contributed by atoms with Crippen LogP contribution < -0.4 is 5.32 Å². The van der Waals surface area contributed by atoms with Gasteiger partial charge in [0.25, 0.3) is 5.91 Å². The molecule has 2 rings (SSSR count). The molecule has 0 spiro atoms. The van der Waals surface area contributed by atoms with Crippen LogP contribution in [-0.2, 0) is 9.53 Å². The summed E-state index contributed by atoms with van der Waals surface area (Å²) in [6.45, 7) is 3.13. The van der Waals surface area contributed by atoms with Crippen LogP contribution in [0.2, 0.25) is 10.0 Å². The monoisotopic (exact) mass is 352 g/mol. The van der Waals surface area contributed by atoms with Crippen LogP contribution in [0.1, 0.15) is 21.5 Å². The Morgan fingerprint density at radius 3 is 2.70 bits per heavy atom. The lowest BCUT2D eigenvalue weighted by atomic mass is 10.1. The Morgan fingerprint density at radius 2 is 2.00 bits per heavy atom. The van der Waals surface area contributed by atoms with Gasteiger partial charge in [-0.15, -0.1) is 0 Å². The molecule has 1 heterocycles. The minimum Gasteiger partial charge on any atom is -0.452 e. The van der Waals surface area contributed by atoms with Crippen molar-refractivity contribution in [2.45, 2.75) is 13.8 Å². The van der Waals surface area contributed by atoms with E-state index < -0.39 is 18.5 Å². The first-order valence-corrected chi connectivity index (χ1v) is 7.48. The molecule has 1 aromatic carbocycles. The summed E-state index contributed by atoms with van der Waals surface area (Å²) >= 11 is 11.9. The number of rotatable bonds is 4. The largest absolute Gasteiger partial charge is 0.452 e. The summed E-state index contributed by atoms with van der Waals surface area (Å²) in [5.41, 5.74) is 1.92. The topological polar surface area (TPSA) is 68.3 Å². The van der Waals surface area contributed by atoms with Gasteiger partial charge in [0.1, 0.15) is 0 Å². The number of nitrogens with zero attached hydrogens (tertiary/aromatic N) is 1. The number of carbonyl (C=O) groups is 2. The molecule has 0 atom stereocenters. The summed E-state index contributed by atoms with van der Waals surface area (Å²) in [6.07, 6.45) is 1.39. The standard InChI is InChI=1S/C16H14Cl2N2O3/c1-9-4-3-5-11(6-9)16(22)23-8-13(21)20-15-14(18)10(2)12(17)7-19-15/h3-7H,8H2,1-2H3,(H,19,20,21). The molecule has 0 radical (unpaired) electrons. The Labute approximate surface area is 143 Å². The maximum Gasteiger partial charge on any atom is 0.338 e. The molecule has 0 aliphatic rings. The van der Waals surface area contributed by atoms with Gasteiger partial charge in [-0.1, -0.05) is 40.9 Å². The van der Waals surface area contributed by atoms with Gasteiger partial charge >= 0.3 is 5.97 Å². The van der Waals surface area contributed by atoms with Crippen molar-refractivity contribution in [1.29, 1.82) is 0 Å². The zero-order chi connectivity index (χ0) is 17.0. The second-order valence-electron chi connectivity index (χ2n) is 4.89. The fourth-order valence-corrected chi connectivity index (χ4v) is 2.19. The van der Waals surface area contributed by atoms with Crippen LogP contribution in [0.3, 0.4) is 0 Å². The fraction of sp³-hybridized carbons (Fsp3) is 0.188. The SMILES string of the molecule is Cc1cccc(C(=O)OCC(=O)Nc2ncc(Cl)c(C)c2Cl)c1. The van der Waals surface area contributed by atoms with Gasteiger partial charge in [-0.3, -0.25) is 4.79 Å². The van der Waals surface area contributed by atoms with E-state index in [4.69, 9.17) is 27.9 Å². The molecule has 5 nitrogen and oxygen atoms in total. The second-order valence-corrected chi connectivity index (χ2v) is 5.67. The van der Waals surface area contributed by atoms with E-state index >= 15 is 0 Å². The van der Waals surface area contributed by atoms with Crippen LogP contribution in [-0.4, -0.2) is 23.5 Å². The first-order chi connectivity index (χ1) is 10.9. The van der Waals surface area contributed by atoms with E-state index in [1.165, 1.54) is 6.20 Å². The van der Waals surface area contributed by atoms with Gasteiger partial charge in [0.15, 0.2) is 12.4 Å². The van der Waals surface area contributed by atoms with Gasteiger partial charge in [0.05, 0.1) is 15.6 Å². The molecule has 1 amide bonds. The highest BCUT2D eigenvalue weighted by atomic mass is 35.5. The predicted octanol–water partition coefficient (Wildman–Crippen LogP) is 3.80. The molecule has 0 saturated heterocycles. The van der Waals surface area contributed by atoms with Gasteiger partial charge in [-0.05, 0) is 31.5 Å². The molecule has 0 fully saturated rings. The molecule has 0 unspecified atom stereocenters. The highest BCUT2D eigenvalue weighted by Crippen LogP contribution is 2.28. The van der Waals surface area contributed by atoms with Crippen LogP contribution in [0.25, 0.3) is 0 Å². The van der Waals surface area contributed by atoms with Gasteiger partial charge in [0.2, 0.25) is 0 Å². The number of amides is 1. The van der Waals surface area contributed by atoms with Crippen LogP contribution >= 0.6 is 23.2 Å². The van der Waals surface area contributed by atoms with Gasteiger partial charge in [0, 0.05) is 6.20 Å². The number of esters is 1. The van der Waals surface area contributed by atoms with E-state index in [9.17, 15) is 9.59 Å². The maximum atomic E-state index is 11.9. The quantitative estimate of drug-likeness (QED) is 0.849. The maximum absolute atomic E-state index is 11.9. The molecule has 1 aromatic heterocycles. The molecule has 1 N–H and O–H groups in total. The zero-order valence-corrected chi connectivity index (χ0v) is 14.0. The van der Waals surface area contributed by atoms with Gasteiger partial charge in [-0.25, -0.2) is 9.78 Å². The number of nitrogens with one attached hydrogen (secondary N) is 1. The zero-order valence-electron chi connectivity index (χ0n) is 12.5. The number of carbonyl (C=O) groups excluding carboxylic acids is 2.